The molecule has 0 saturated heterocycles. The number of carbonyl (C=O) groups is 2. The van der Waals surface area contributed by atoms with E-state index in [0.29, 0.717) is 18.4 Å². The molecule has 1 aliphatic rings. The van der Waals surface area contributed by atoms with Crippen LogP contribution >= 0.6 is 0 Å². The number of amides is 1. The Kier molecular flexibility index (Phi) is 6.21. The van der Waals surface area contributed by atoms with Gasteiger partial charge in [-0.15, -0.1) is 0 Å². The number of aliphatic carboxylic acids is 1. The van der Waals surface area contributed by atoms with Crippen molar-refractivity contribution in [1.82, 2.24) is 5.32 Å². The molecule has 0 radical (unpaired) electrons. The van der Waals surface area contributed by atoms with E-state index in [1.807, 2.05) is 27.7 Å². The van der Waals surface area contributed by atoms with Gasteiger partial charge in [0.2, 0.25) is 5.91 Å². The van der Waals surface area contributed by atoms with Gasteiger partial charge in [-0.3, -0.25) is 9.59 Å². The van der Waals surface area contributed by atoms with Crippen molar-refractivity contribution in [1.29, 1.82) is 0 Å². The van der Waals surface area contributed by atoms with Crippen molar-refractivity contribution in [3.05, 3.63) is 11.6 Å². The van der Waals surface area contributed by atoms with Gasteiger partial charge in [-0.25, -0.2) is 0 Å². The quantitative estimate of drug-likeness (QED) is 0.764. The first-order valence-corrected chi connectivity index (χ1v) is 8.20. The third kappa shape index (κ3) is 5.15. The molecular formula is C18H31NO3. The highest BCUT2D eigenvalue weighted by Gasteiger charge is 2.33. The molecule has 0 fully saturated rings. The number of rotatable bonds is 5. The molecule has 2 N–H and O–H groups in total. The Hall–Kier alpha value is -1.32. The number of carboxylic acid groups (broad SMARTS) is 1. The maximum absolute atomic E-state index is 12.1. The molecule has 126 valence electrons. The Morgan fingerprint density at radius 1 is 1.36 bits per heavy atom. The van der Waals surface area contributed by atoms with E-state index in [0.717, 1.165) is 12.0 Å². The van der Waals surface area contributed by atoms with Gasteiger partial charge in [0, 0.05) is 12.0 Å². The van der Waals surface area contributed by atoms with Gasteiger partial charge in [0.1, 0.15) is 0 Å². The Labute approximate surface area is 134 Å². The summed E-state index contributed by atoms with van der Waals surface area (Å²) >= 11 is 0. The average molecular weight is 309 g/mol. The minimum absolute atomic E-state index is 0.0636. The van der Waals surface area contributed by atoms with E-state index in [1.165, 1.54) is 0 Å². The maximum atomic E-state index is 12.1. The number of hydrogen-bond donors (Lipinski definition) is 2. The van der Waals surface area contributed by atoms with Gasteiger partial charge in [-0.2, -0.15) is 0 Å². The van der Waals surface area contributed by atoms with E-state index >= 15 is 0 Å². The number of nitrogens with one attached hydrogen (secondary N) is 1. The largest absolute Gasteiger partial charge is 0.481 e. The first kappa shape index (κ1) is 18.7. The van der Waals surface area contributed by atoms with Crippen LogP contribution in [0.15, 0.2) is 11.6 Å². The highest BCUT2D eigenvalue weighted by Crippen LogP contribution is 2.38. The summed E-state index contributed by atoms with van der Waals surface area (Å²) in [6.07, 6.45) is 3.28. The zero-order valence-electron chi connectivity index (χ0n) is 14.8. The smallest absolute Gasteiger partial charge is 0.303 e. The van der Waals surface area contributed by atoms with Gasteiger partial charge in [0.15, 0.2) is 0 Å². The van der Waals surface area contributed by atoms with Crippen LogP contribution in [-0.2, 0) is 9.59 Å². The third-order valence-corrected chi connectivity index (χ3v) is 4.68. The Morgan fingerprint density at radius 2 is 1.95 bits per heavy atom. The molecule has 0 bridgehead atoms. The van der Waals surface area contributed by atoms with Crippen LogP contribution in [-0.4, -0.2) is 23.5 Å². The van der Waals surface area contributed by atoms with Gasteiger partial charge in [-0.05, 0) is 37.0 Å². The van der Waals surface area contributed by atoms with E-state index in [1.54, 1.807) is 0 Å². The lowest BCUT2D eigenvalue weighted by atomic mass is 9.70. The van der Waals surface area contributed by atoms with Crippen molar-refractivity contribution < 1.29 is 14.7 Å². The van der Waals surface area contributed by atoms with Crippen molar-refractivity contribution in [3.8, 4) is 0 Å². The van der Waals surface area contributed by atoms with Crippen molar-refractivity contribution in [2.24, 2.45) is 29.1 Å². The molecule has 1 amide bonds. The number of carboxylic acids is 1. The van der Waals surface area contributed by atoms with Crippen LogP contribution in [0.5, 0.6) is 0 Å². The van der Waals surface area contributed by atoms with Crippen molar-refractivity contribution in [3.63, 3.8) is 0 Å². The SMILES string of the molecule is CC1=CC(CNC(=O)C(C)(C)C)C(C(C)C)CC1CC(=O)O. The summed E-state index contributed by atoms with van der Waals surface area (Å²) < 4.78 is 0. The third-order valence-electron chi connectivity index (χ3n) is 4.68. The van der Waals surface area contributed by atoms with E-state index < -0.39 is 5.97 Å². The van der Waals surface area contributed by atoms with Crippen molar-refractivity contribution >= 4 is 11.9 Å². The van der Waals surface area contributed by atoms with Crippen LogP contribution in [0.4, 0.5) is 0 Å². The first-order valence-electron chi connectivity index (χ1n) is 8.20. The normalized spacial score (nSPS) is 25.8. The molecule has 3 atom stereocenters. The highest BCUT2D eigenvalue weighted by molar-refractivity contribution is 5.81. The van der Waals surface area contributed by atoms with Crippen LogP contribution in [0.2, 0.25) is 0 Å². The Morgan fingerprint density at radius 3 is 2.41 bits per heavy atom. The second kappa shape index (κ2) is 7.30. The van der Waals surface area contributed by atoms with E-state index in [-0.39, 0.29) is 29.6 Å². The number of hydrogen-bond acceptors (Lipinski definition) is 2. The van der Waals surface area contributed by atoms with Crippen LogP contribution < -0.4 is 5.32 Å². The fraction of sp³-hybridized carbons (Fsp3) is 0.778. The van der Waals surface area contributed by atoms with Crippen molar-refractivity contribution in [2.45, 2.75) is 54.4 Å². The fourth-order valence-corrected chi connectivity index (χ4v) is 3.19. The lowest BCUT2D eigenvalue weighted by Crippen LogP contribution is -2.41. The standard InChI is InChI=1S/C18H31NO3/c1-11(2)15-8-13(9-16(20)21)12(3)7-14(15)10-19-17(22)18(4,5)6/h7,11,13-15H,8-10H2,1-6H3,(H,19,22)(H,20,21). The van der Waals surface area contributed by atoms with Gasteiger partial charge in [0.25, 0.3) is 0 Å². The predicted octanol–water partition coefficient (Wildman–Crippen LogP) is 3.48. The summed E-state index contributed by atoms with van der Waals surface area (Å²) in [6, 6.07) is 0. The predicted molar refractivity (Wildman–Crippen MR) is 88.4 cm³/mol. The van der Waals surface area contributed by atoms with Gasteiger partial charge >= 0.3 is 5.97 Å². The monoisotopic (exact) mass is 309 g/mol. The molecule has 3 unspecified atom stereocenters. The zero-order valence-corrected chi connectivity index (χ0v) is 14.8. The lowest BCUT2D eigenvalue weighted by Gasteiger charge is -2.37. The fourth-order valence-electron chi connectivity index (χ4n) is 3.19. The minimum Gasteiger partial charge on any atom is -0.481 e. The molecule has 4 nitrogen and oxygen atoms in total. The summed E-state index contributed by atoms with van der Waals surface area (Å²) in [5.74, 6) is 0.620. The van der Waals surface area contributed by atoms with Gasteiger partial charge in [0.05, 0.1) is 6.42 Å². The topological polar surface area (TPSA) is 66.4 Å². The molecule has 0 heterocycles. The Balaban J connectivity index is 2.81. The van der Waals surface area contributed by atoms with Crippen LogP contribution in [0, 0.1) is 29.1 Å². The molecule has 0 aromatic carbocycles. The van der Waals surface area contributed by atoms with Crippen LogP contribution in [0.25, 0.3) is 0 Å². The second-order valence-corrected chi connectivity index (χ2v) is 7.97. The second-order valence-electron chi connectivity index (χ2n) is 7.97. The molecule has 0 aromatic heterocycles. The maximum Gasteiger partial charge on any atom is 0.303 e. The summed E-state index contributed by atoms with van der Waals surface area (Å²) in [4.78, 5) is 23.1. The molecule has 0 aromatic rings. The average Bonchev–Trinajstić information content (AvgIpc) is 2.36. The number of carbonyl (C=O) groups excluding carboxylic acids is 1. The van der Waals surface area contributed by atoms with Crippen molar-refractivity contribution in [2.75, 3.05) is 6.54 Å². The van der Waals surface area contributed by atoms with E-state index in [2.05, 4.69) is 25.2 Å². The lowest BCUT2D eigenvalue weighted by molar-refractivity contribution is -0.138. The molecule has 22 heavy (non-hydrogen) atoms. The first-order chi connectivity index (χ1) is 10.0. The van der Waals surface area contributed by atoms with Crippen LogP contribution in [0.1, 0.15) is 54.4 Å². The summed E-state index contributed by atoms with van der Waals surface area (Å²) in [5.41, 5.74) is 0.765. The molecule has 0 spiro atoms. The van der Waals surface area contributed by atoms with E-state index in [9.17, 15) is 9.59 Å². The summed E-state index contributed by atoms with van der Waals surface area (Å²) in [7, 11) is 0. The molecule has 0 saturated carbocycles. The van der Waals surface area contributed by atoms with E-state index in [4.69, 9.17) is 5.11 Å². The molecule has 0 aliphatic heterocycles. The van der Waals surface area contributed by atoms with Gasteiger partial charge < -0.3 is 10.4 Å². The van der Waals surface area contributed by atoms with Crippen LogP contribution in [0.3, 0.4) is 0 Å². The molecular weight excluding hydrogens is 278 g/mol. The summed E-state index contributed by atoms with van der Waals surface area (Å²) in [5, 5.41) is 12.1. The molecule has 1 rings (SSSR count). The zero-order chi connectivity index (χ0) is 17.1. The Bertz CT molecular complexity index is 446. The minimum atomic E-state index is -0.736. The molecule has 1 aliphatic carbocycles. The van der Waals surface area contributed by atoms with Gasteiger partial charge in [-0.1, -0.05) is 46.3 Å². The number of allylic oxidation sites excluding steroid dienone is 1. The summed E-state index contributed by atoms with van der Waals surface area (Å²) in [6.45, 7) is 12.7. The molecule has 4 heteroatoms. The highest BCUT2D eigenvalue weighted by atomic mass is 16.4.